The Morgan fingerprint density at radius 1 is 0.852 bits per heavy atom. The second kappa shape index (κ2) is 18.2. The van der Waals surface area contributed by atoms with Crippen LogP contribution in [0, 0.1) is 18.3 Å². The average molecular weight is 823 g/mol. The molecule has 0 bridgehead atoms. The Morgan fingerprint density at radius 2 is 1.56 bits per heavy atom. The van der Waals surface area contributed by atoms with Crippen molar-refractivity contribution in [2.45, 2.75) is 109 Å². The van der Waals surface area contributed by atoms with Crippen molar-refractivity contribution in [3.05, 3.63) is 135 Å². The van der Waals surface area contributed by atoms with Gasteiger partial charge in [-0.15, -0.1) is 0 Å². The van der Waals surface area contributed by atoms with Crippen molar-refractivity contribution in [2.24, 2.45) is 11.3 Å². The largest absolute Gasteiger partial charge is 0.508 e. The molecule has 0 aromatic heterocycles. The van der Waals surface area contributed by atoms with E-state index in [1.54, 1.807) is 13.0 Å². The molecular formula is C51H58N4O6. The van der Waals surface area contributed by atoms with Crippen LogP contribution < -0.4 is 5.32 Å². The molecule has 1 saturated heterocycles. The Balaban J connectivity index is 0.832. The van der Waals surface area contributed by atoms with Gasteiger partial charge in [-0.05, 0) is 158 Å². The Morgan fingerprint density at radius 3 is 2.25 bits per heavy atom. The second-order valence-corrected chi connectivity index (χ2v) is 18.3. The molecule has 8 rings (SSSR count). The van der Waals surface area contributed by atoms with Crippen molar-refractivity contribution in [3.63, 3.8) is 0 Å². The van der Waals surface area contributed by atoms with Crippen molar-refractivity contribution < 1.29 is 29.1 Å². The van der Waals surface area contributed by atoms with Crippen LogP contribution in [0.2, 0.25) is 0 Å². The molecule has 2 fully saturated rings. The maximum atomic E-state index is 13.9. The van der Waals surface area contributed by atoms with Crippen LogP contribution in [0.3, 0.4) is 0 Å². The van der Waals surface area contributed by atoms with Gasteiger partial charge in [-0.25, -0.2) is 0 Å². The van der Waals surface area contributed by atoms with E-state index < -0.39 is 11.9 Å². The molecule has 1 spiro atoms. The van der Waals surface area contributed by atoms with Crippen molar-refractivity contribution >= 4 is 30.5 Å². The lowest BCUT2D eigenvalue weighted by molar-refractivity contribution is -0.126. The minimum absolute atomic E-state index is 0.0355. The summed E-state index contributed by atoms with van der Waals surface area (Å²) in [4.78, 5) is 67.5. The number of likely N-dealkylation sites (tertiary alicyclic amines) is 1. The van der Waals surface area contributed by atoms with Gasteiger partial charge in [-0.3, -0.25) is 39.1 Å². The van der Waals surface area contributed by atoms with E-state index in [0.29, 0.717) is 41.4 Å². The minimum Gasteiger partial charge on any atom is -0.508 e. The monoisotopic (exact) mass is 822 g/mol. The topological polar surface area (TPSA) is 127 Å². The van der Waals surface area contributed by atoms with E-state index in [2.05, 4.69) is 69.7 Å². The van der Waals surface area contributed by atoms with Crippen molar-refractivity contribution in [1.82, 2.24) is 20.0 Å². The van der Waals surface area contributed by atoms with Crippen LogP contribution in [0.4, 0.5) is 0 Å². The van der Waals surface area contributed by atoms with Gasteiger partial charge < -0.3 is 10.0 Å². The first kappa shape index (κ1) is 42.1. The zero-order valence-corrected chi connectivity index (χ0v) is 35.5. The summed E-state index contributed by atoms with van der Waals surface area (Å²) < 4.78 is 0. The normalized spacial score (nSPS) is 20.3. The number of carbonyl (C=O) groups is 5. The molecule has 4 aliphatic rings. The maximum Gasteiger partial charge on any atom is 0.260 e. The fourth-order valence-corrected chi connectivity index (χ4v) is 10.9. The first-order chi connectivity index (χ1) is 29.5. The number of hydrogen-bond acceptors (Lipinski definition) is 7. The van der Waals surface area contributed by atoms with Crippen LogP contribution in [-0.4, -0.2) is 76.0 Å². The number of benzene rings is 4. The van der Waals surface area contributed by atoms with Gasteiger partial charge in [0.1, 0.15) is 5.75 Å². The zero-order chi connectivity index (χ0) is 42.7. The molecule has 4 aromatic carbocycles. The third-order valence-electron chi connectivity index (χ3n) is 14.5. The molecule has 5 amide bonds. The molecule has 2 aliphatic heterocycles. The third-order valence-corrected chi connectivity index (χ3v) is 14.5. The van der Waals surface area contributed by atoms with Gasteiger partial charge in [0, 0.05) is 62.2 Å². The summed E-state index contributed by atoms with van der Waals surface area (Å²) in [6.45, 7) is 7.84. The van der Waals surface area contributed by atoms with Gasteiger partial charge in [0.2, 0.25) is 18.7 Å². The summed E-state index contributed by atoms with van der Waals surface area (Å²) in [5, 5.41) is 12.3. The quantitative estimate of drug-likeness (QED) is 0.139. The summed E-state index contributed by atoms with van der Waals surface area (Å²) in [6, 6.07) is 28.4. The van der Waals surface area contributed by atoms with Crippen molar-refractivity contribution in [3.8, 4) is 5.75 Å². The lowest BCUT2D eigenvalue weighted by Crippen LogP contribution is -2.45. The number of phenolic OH excluding ortho intramolecular Hbond substituents is 1. The molecule has 0 radical (unpaired) electrons. The van der Waals surface area contributed by atoms with Crippen LogP contribution in [0.1, 0.15) is 136 Å². The predicted octanol–water partition coefficient (Wildman–Crippen LogP) is 8.03. The second-order valence-electron chi connectivity index (χ2n) is 18.3. The van der Waals surface area contributed by atoms with Crippen LogP contribution >= 0.6 is 0 Å². The van der Waals surface area contributed by atoms with E-state index in [1.807, 2.05) is 31.2 Å². The first-order valence-electron chi connectivity index (χ1n) is 22.2. The number of aromatic hydroxyl groups is 1. The Labute approximate surface area is 359 Å². The SMILES string of the molecule is Cc1cc2c(cc1C(=O)N(C=O)C(C)CCC(=O)NC=O)CN(CC1CCC3(CC1)CCN(C(=O)c1ccc(C4c5ccc(O)cc5CCC4c4ccccc4)cc1)CC3)C2. The Hall–Kier alpha value is -5.61. The molecule has 2 aliphatic carbocycles. The molecule has 1 saturated carbocycles. The van der Waals surface area contributed by atoms with Gasteiger partial charge in [-0.2, -0.15) is 0 Å². The molecular weight excluding hydrogens is 765 g/mol. The van der Waals surface area contributed by atoms with Gasteiger partial charge >= 0.3 is 0 Å². The van der Waals surface area contributed by atoms with Gasteiger partial charge in [0.15, 0.2) is 0 Å². The number of piperidine rings is 1. The minimum atomic E-state index is -0.496. The van der Waals surface area contributed by atoms with Crippen molar-refractivity contribution in [2.75, 3.05) is 19.6 Å². The van der Waals surface area contributed by atoms with Crippen LogP contribution in [-0.2, 0) is 33.9 Å². The number of nitrogens with zero attached hydrogens (tertiary/aromatic N) is 3. The number of fused-ring (bicyclic) bond motifs is 2. The van der Waals surface area contributed by atoms with E-state index in [1.165, 1.54) is 53.5 Å². The highest BCUT2D eigenvalue weighted by molar-refractivity contribution is 6.01. The average Bonchev–Trinajstić information content (AvgIpc) is 3.67. The summed E-state index contributed by atoms with van der Waals surface area (Å²) in [7, 11) is 0. The molecule has 2 heterocycles. The molecule has 10 nitrogen and oxygen atoms in total. The van der Waals surface area contributed by atoms with E-state index in [0.717, 1.165) is 80.0 Å². The zero-order valence-electron chi connectivity index (χ0n) is 35.5. The number of amides is 5. The van der Waals surface area contributed by atoms with E-state index in [4.69, 9.17) is 0 Å². The molecule has 318 valence electrons. The van der Waals surface area contributed by atoms with Gasteiger partial charge in [0.25, 0.3) is 11.8 Å². The summed E-state index contributed by atoms with van der Waals surface area (Å²) in [6.07, 6.45) is 9.90. The number of imide groups is 2. The third kappa shape index (κ3) is 9.06. The number of carbonyl (C=O) groups excluding carboxylic acids is 5. The number of aryl methyl sites for hydroxylation is 2. The molecule has 61 heavy (non-hydrogen) atoms. The van der Waals surface area contributed by atoms with E-state index >= 15 is 0 Å². The summed E-state index contributed by atoms with van der Waals surface area (Å²) >= 11 is 0. The number of rotatable bonds is 12. The molecule has 10 heteroatoms. The van der Waals surface area contributed by atoms with Crippen molar-refractivity contribution in [1.29, 1.82) is 0 Å². The highest BCUT2D eigenvalue weighted by Gasteiger charge is 2.40. The molecule has 3 atom stereocenters. The highest BCUT2D eigenvalue weighted by Crippen LogP contribution is 2.48. The van der Waals surface area contributed by atoms with Gasteiger partial charge in [0.05, 0.1) is 0 Å². The number of nitrogens with one attached hydrogen (secondary N) is 1. The van der Waals surface area contributed by atoms with Crippen LogP contribution in [0.5, 0.6) is 5.75 Å². The van der Waals surface area contributed by atoms with Gasteiger partial charge in [-0.1, -0.05) is 54.6 Å². The van der Waals surface area contributed by atoms with E-state index in [-0.39, 0.29) is 30.6 Å². The molecule has 4 aromatic rings. The fraction of sp³-hybridized carbons (Fsp3) is 0.431. The highest BCUT2D eigenvalue weighted by atomic mass is 16.3. The Bertz CT molecular complexity index is 2260. The van der Waals surface area contributed by atoms with Crippen LogP contribution in [0.15, 0.2) is 84.9 Å². The number of phenols is 1. The van der Waals surface area contributed by atoms with Crippen LogP contribution in [0.25, 0.3) is 0 Å². The lowest BCUT2D eigenvalue weighted by atomic mass is 9.65. The fourth-order valence-electron chi connectivity index (χ4n) is 10.9. The summed E-state index contributed by atoms with van der Waals surface area (Å²) in [5.41, 5.74) is 9.69. The first-order valence-corrected chi connectivity index (χ1v) is 22.2. The maximum absolute atomic E-state index is 13.9. The molecule has 2 N–H and O–H groups in total. The Kier molecular flexibility index (Phi) is 12.5. The molecule has 3 unspecified atom stereocenters. The number of hydrogen-bond donors (Lipinski definition) is 2. The smallest absolute Gasteiger partial charge is 0.260 e. The predicted molar refractivity (Wildman–Crippen MR) is 234 cm³/mol. The standard InChI is InChI=1S/C51H58N4O6/c1-34-26-41-30-53(31-42(41)28-46(34)50(61)55(33-57)35(2)8-17-47(59)52-32-56)29-36-18-20-51(21-19-36)22-24-54(25-23-51)49(60)39-11-9-38(10-12-39)48-44(37-6-4-3-5-7-37)15-13-40-27-43(58)14-16-45(40)48/h3-7,9-12,14,16,26-28,32-33,35-36,44,48,58H,8,13,15,17-25,29-31H2,1-2H3,(H,52,56,59). The van der Waals surface area contributed by atoms with E-state index in [9.17, 15) is 29.1 Å². The lowest BCUT2D eigenvalue weighted by Gasteiger charge is -2.46. The summed E-state index contributed by atoms with van der Waals surface area (Å²) in [5.74, 6) is 0.675.